The lowest BCUT2D eigenvalue weighted by Crippen LogP contribution is -2.42. The Hall–Kier alpha value is -1.10. The highest BCUT2D eigenvalue weighted by molar-refractivity contribution is 7.09. The third kappa shape index (κ3) is 4.49. The van der Waals surface area contributed by atoms with Crippen LogP contribution in [0.5, 0.6) is 0 Å². The third-order valence-electron chi connectivity index (χ3n) is 3.21. The smallest absolute Gasteiger partial charge is 0.410 e. The van der Waals surface area contributed by atoms with E-state index in [0.29, 0.717) is 5.92 Å². The van der Waals surface area contributed by atoms with E-state index in [4.69, 9.17) is 4.74 Å². The Labute approximate surface area is 118 Å². The zero-order valence-corrected chi connectivity index (χ0v) is 12.7. The largest absolute Gasteiger partial charge is 0.444 e. The number of aromatic nitrogens is 1. The number of likely N-dealkylation sites (tertiary alicyclic amines) is 1. The fourth-order valence-corrected chi connectivity index (χ4v) is 2.98. The molecular weight excluding hydrogens is 260 g/mol. The normalized spacial score (nSPS) is 17.5. The van der Waals surface area contributed by atoms with Gasteiger partial charge >= 0.3 is 6.09 Å². The van der Waals surface area contributed by atoms with Crippen LogP contribution in [0.2, 0.25) is 0 Å². The van der Waals surface area contributed by atoms with Crippen LogP contribution in [0.15, 0.2) is 11.6 Å². The van der Waals surface area contributed by atoms with Gasteiger partial charge in [-0.3, -0.25) is 0 Å². The van der Waals surface area contributed by atoms with Gasteiger partial charge in [-0.05, 0) is 39.5 Å². The van der Waals surface area contributed by atoms with Crippen molar-refractivity contribution >= 4 is 17.4 Å². The van der Waals surface area contributed by atoms with Gasteiger partial charge in [0.2, 0.25) is 0 Å². The summed E-state index contributed by atoms with van der Waals surface area (Å²) in [6.07, 6.45) is 4.80. The third-order valence-corrected chi connectivity index (χ3v) is 4.01. The molecule has 1 aromatic heterocycles. The van der Waals surface area contributed by atoms with Crippen LogP contribution < -0.4 is 0 Å². The quantitative estimate of drug-likeness (QED) is 0.835. The molecule has 0 aliphatic carbocycles. The maximum atomic E-state index is 11.9. The molecule has 1 aliphatic rings. The Bertz CT molecular complexity index is 404. The van der Waals surface area contributed by atoms with E-state index in [2.05, 4.69) is 4.98 Å². The van der Waals surface area contributed by atoms with Gasteiger partial charge in [0.25, 0.3) is 0 Å². The van der Waals surface area contributed by atoms with Crippen molar-refractivity contribution in [3.8, 4) is 0 Å². The Morgan fingerprint density at radius 2 is 2.16 bits per heavy atom. The van der Waals surface area contributed by atoms with E-state index in [0.717, 1.165) is 32.4 Å². The maximum Gasteiger partial charge on any atom is 0.410 e. The first-order valence-corrected chi connectivity index (χ1v) is 7.68. The van der Waals surface area contributed by atoms with E-state index in [-0.39, 0.29) is 6.09 Å². The highest BCUT2D eigenvalue weighted by atomic mass is 32.1. The van der Waals surface area contributed by atoms with Crippen molar-refractivity contribution in [2.75, 3.05) is 13.1 Å². The number of nitrogens with zero attached hydrogens (tertiary/aromatic N) is 2. The molecule has 4 nitrogen and oxygen atoms in total. The molecule has 0 unspecified atom stereocenters. The Morgan fingerprint density at radius 3 is 2.68 bits per heavy atom. The highest BCUT2D eigenvalue weighted by Gasteiger charge is 2.27. The van der Waals surface area contributed by atoms with Crippen LogP contribution in [0, 0.1) is 5.92 Å². The van der Waals surface area contributed by atoms with Crippen LogP contribution in [0.4, 0.5) is 4.79 Å². The number of carbonyl (C=O) groups excluding carboxylic acids is 1. The van der Waals surface area contributed by atoms with Crippen molar-refractivity contribution < 1.29 is 9.53 Å². The van der Waals surface area contributed by atoms with Gasteiger partial charge in [0.15, 0.2) is 0 Å². The molecule has 106 valence electrons. The molecule has 5 heteroatoms. The molecule has 0 N–H and O–H groups in total. The number of hydrogen-bond acceptors (Lipinski definition) is 4. The van der Waals surface area contributed by atoms with Crippen LogP contribution in [0.1, 0.15) is 38.6 Å². The van der Waals surface area contributed by atoms with Crippen LogP contribution in [-0.4, -0.2) is 34.7 Å². The molecule has 1 saturated heterocycles. The summed E-state index contributed by atoms with van der Waals surface area (Å²) in [6, 6.07) is 0. The Morgan fingerprint density at radius 1 is 1.47 bits per heavy atom. The van der Waals surface area contributed by atoms with E-state index in [9.17, 15) is 4.79 Å². The summed E-state index contributed by atoms with van der Waals surface area (Å²) in [5, 5.41) is 3.22. The summed E-state index contributed by atoms with van der Waals surface area (Å²) < 4.78 is 5.40. The molecule has 0 radical (unpaired) electrons. The predicted molar refractivity (Wildman–Crippen MR) is 76.3 cm³/mol. The fraction of sp³-hybridized carbons (Fsp3) is 0.714. The minimum atomic E-state index is -0.408. The van der Waals surface area contributed by atoms with Gasteiger partial charge in [0, 0.05) is 31.1 Å². The first-order chi connectivity index (χ1) is 8.94. The van der Waals surface area contributed by atoms with Crippen LogP contribution in [0.3, 0.4) is 0 Å². The number of piperidine rings is 1. The van der Waals surface area contributed by atoms with Gasteiger partial charge in [0.1, 0.15) is 5.60 Å². The lowest BCUT2D eigenvalue weighted by molar-refractivity contribution is 0.0184. The molecule has 2 rings (SSSR count). The molecule has 19 heavy (non-hydrogen) atoms. The van der Waals surface area contributed by atoms with Crippen molar-refractivity contribution in [3.63, 3.8) is 0 Å². The molecule has 1 aliphatic heterocycles. The van der Waals surface area contributed by atoms with E-state index >= 15 is 0 Å². The second-order valence-corrected chi connectivity index (χ2v) is 7.02. The fourth-order valence-electron chi connectivity index (χ4n) is 2.25. The monoisotopic (exact) mass is 282 g/mol. The summed E-state index contributed by atoms with van der Waals surface area (Å²) >= 11 is 1.72. The molecule has 0 atom stereocenters. The summed E-state index contributed by atoms with van der Waals surface area (Å²) in [7, 11) is 0. The van der Waals surface area contributed by atoms with Crippen molar-refractivity contribution in [2.45, 2.75) is 45.6 Å². The molecule has 1 amide bonds. The van der Waals surface area contributed by atoms with Crippen LogP contribution in [0.25, 0.3) is 0 Å². The average molecular weight is 282 g/mol. The standard InChI is InChI=1S/C14H22N2O2S/c1-14(2,3)18-13(17)16-7-4-11(5-8-16)10-12-15-6-9-19-12/h6,9,11H,4-5,7-8,10H2,1-3H3. The van der Waals surface area contributed by atoms with E-state index in [1.807, 2.05) is 37.2 Å². The topological polar surface area (TPSA) is 42.4 Å². The minimum absolute atomic E-state index is 0.180. The van der Waals surface area contributed by atoms with Crippen LogP contribution >= 0.6 is 11.3 Å². The molecule has 0 saturated carbocycles. The van der Waals surface area contributed by atoms with E-state index in [1.54, 1.807) is 11.3 Å². The summed E-state index contributed by atoms with van der Waals surface area (Å²) in [6.45, 7) is 7.30. The van der Waals surface area contributed by atoms with Crippen molar-refractivity contribution in [1.29, 1.82) is 0 Å². The highest BCUT2D eigenvalue weighted by Crippen LogP contribution is 2.23. The Balaban J connectivity index is 1.77. The number of rotatable bonds is 2. The van der Waals surface area contributed by atoms with E-state index in [1.165, 1.54) is 5.01 Å². The first-order valence-electron chi connectivity index (χ1n) is 6.80. The number of amides is 1. The summed E-state index contributed by atoms with van der Waals surface area (Å²) in [5.74, 6) is 0.643. The maximum absolute atomic E-state index is 11.9. The molecule has 2 heterocycles. The van der Waals surface area contributed by atoms with Crippen molar-refractivity contribution in [2.24, 2.45) is 5.92 Å². The van der Waals surface area contributed by atoms with Crippen molar-refractivity contribution in [3.05, 3.63) is 16.6 Å². The molecule has 0 bridgehead atoms. The Kier molecular flexibility index (Phi) is 4.45. The number of hydrogen-bond donors (Lipinski definition) is 0. The minimum Gasteiger partial charge on any atom is -0.444 e. The van der Waals surface area contributed by atoms with Gasteiger partial charge < -0.3 is 9.64 Å². The average Bonchev–Trinajstić information content (AvgIpc) is 2.80. The number of ether oxygens (including phenoxy) is 1. The molecular formula is C14H22N2O2S. The zero-order valence-electron chi connectivity index (χ0n) is 11.9. The van der Waals surface area contributed by atoms with Gasteiger partial charge in [-0.25, -0.2) is 9.78 Å². The molecule has 1 aromatic rings. The zero-order chi connectivity index (χ0) is 13.9. The lowest BCUT2D eigenvalue weighted by Gasteiger charge is -2.33. The number of carbonyl (C=O) groups is 1. The molecule has 1 fully saturated rings. The SMILES string of the molecule is CC(C)(C)OC(=O)N1CCC(Cc2nccs2)CC1. The molecule has 0 spiro atoms. The summed E-state index contributed by atoms with van der Waals surface area (Å²) in [4.78, 5) is 18.1. The molecule has 0 aromatic carbocycles. The van der Waals surface area contributed by atoms with Crippen LogP contribution in [-0.2, 0) is 11.2 Å². The predicted octanol–water partition coefficient (Wildman–Crippen LogP) is 3.33. The first kappa shape index (κ1) is 14.3. The number of thiazole rings is 1. The van der Waals surface area contributed by atoms with Gasteiger partial charge in [-0.2, -0.15) is 0 Å². The van der Waals surface area contributed by atoms with Gasteiger partial charge in [-0.15, -0.1) is 11.3 Å². The summed E-state index contributed by atoms with van der Waals surface area (Å²) in [5.41, 5.74) is -0.408. The lowest BCUT2D eigenvalue weighted by atomic mass is 9.94. The second kappa shape index (κ2) is 5.90. The second-order valence-electron chi connectivity index (χ2n) is 6.04. The van der Waals surface area contributed by atoms with Crippen molar-refractivity contribution in [1.82, 2.24) is 9.88 Å². The van der Waals surface area contributed by atoms with E-state index < -0.39 is 5.60 Å². The van der Waals surface area contributed by atoms with Gasteiger partial charge in [-0.1, -0.05) is 0 Å². The van der Waals surface area contributed by atoms with Gasteiger partial charge in [0.05, 0.1) is 5.01 Å².